The van der Waals surface area contributed by atoms with Crippen LogP contribution in [-0.4, -0.2) is 4.98 Å². The van der Waals surface area contributed by atoms with Crippen LogP contribution < -0.4 is 0 Å². The van der Waals surface area contributed by atoms with Crippen LogP contribution in [0, 0.1) is 23.7 Å². The Morgan fingerprint density at radius 2 is 2.50 bits per heavy atom. The molecule has 1 aromatic heterocycles. The van der Waals surface area contributed by atoms with Crippen LogP contribution in [0.4, 0.5) is 0 Å². The van der Waals surface area contributed by atoms with Gasteiger partial charge in [0.15, 0.2) is 0 Å². The molecule has 1 saturated carbocycles. The first-order valence-corrected chi connectivity index (χ1v) is 4.94. The van der Waals surface area contributed by atoms with Crippen molar-refractivity contribution >= 4 is 11.3 Å². The van der Waals surface area contributed by atoms with Gasteiger partial charge in [-0.15, -0.1) is 11.3 Å². The Morgan fingerprint density at radius 3 is 2.92 bits per heavy atom. The van der Waals surface area contributed by atoms with Crippen molar-refractivity contribution in [3.63, 3.8) is 0 Å². The maximum atomic E-state index is 8.85. The molecule has 1 heterocycles. The molecule has 0 atom stereocenters. The molecule has 0 amide bonds. The summed E-state index contributed by atoms with van der Waals surface area (Å²) in [5.41, 5.74) is 1.05. The smallest absolute Gasteiger partial charge is 0.0897 e. The van der Waals surface area contributed by atoms with Gasteiger partial charge in [0.2, 0.25) is 0 Å². The average Bonchev–Trinajstić information content (AvgIpc) is 2.71. The molecule has 3 heteroatoms. The fourth-order valence-corrected chi connectivity index (χ4v) is 1.93. The van der Waals surface area contributed by atoms with E-state index in [0.29, 0.717) is 0 Å². The predicted molar refractivity (Wildman–Crippen MR) is 47.8 cm³/mol. The fourth-order valence-electron chi connectivity index (χ4n) is 1.32. The van der Waals surface area contributed by atoms with Gasteiger partial charge in [-0.3, -0.25) is 0 Å². The molecule has 0 aromatic carbocycles. The van der Waals surface area contributed by atoms with Gasteiger partial charge in [0, 0.05) is 11.8 Å². The Morgan fingerprint density at radius 1 is 1.75 bits per heavy atom. The number of aryl methyl sites for hydroxylation is 1. The van der Waals surface area contributed by atoms with E-state index in [1.165, 1.54) is 0 Å². The monoisotopic (exact) mass is 178 g/mol. The van der Waals surface area contributed by atoms with Gasteiger partial charge in [0.05, 0.1) is 22.2 Å². The first kappa shape index (κ1) is 7.75. The number of thiazole rings is 1. The lowest BCUT2D eigenvalue weighted by atomic mass is 10.0. The van der Waals surface area contributed by atoms with E-state index in [4.69, 9.17) is 5.26 Å². The zero-order valence-corrected chi connectivity index (χ0v) is 7.82. The second-order valence-electron chi connectivity index (χ2n) is 3.43. The maximum Gasteiger partial charge on any atom is 0.0897 e. The molecule has 0 bridgehead atoms. The molecule has 0 radical (unpaired) electrons. The molecule has 0 saturated heterocycles. The third-order valence-electron chi connectivity index (χ3n) is 2.28. The molecule has 2 nitrogen and oxygen atoms in total. The van der Waals surface area contributed by atoms with Crippen LogP contribution in [0.15, 0.2) is 5.38 Å². The third kappa shape index (κ3) is 1.35. The number of hydrogen-bond acceptors (Lipinski definition) is 3. The van der Waals surface area contributed by atoms with Crippen molar-refractivity contribution in [1.29, 1.82) is 5.26 Å². The molecule has 12 heavy (non-hydrogen) atoms. The van der Waals surface area contributed by atoms with E-state index < -0.39 is 0 Å². The second kappa shape index (κ2) is 2.56. The summed E-state index contributed by atoms with van der Waals surface area (Å²) >= 11 is 1.66. The zero-order valence-electron chi connectivity index (χ0n) is 7.00. The van der Waals surface area contributed by atoms with Crippen molar-refractivity contribution in [2.75, 3.05) is 0 Å². The van der Waals surface area contributed by atoms with Gasteiger partial charge in [-0.2, -0.15) is 5.26 Å². The van der Waals surface area contributed by atoms with E-state index >= 15 is 0 Å². The molecule has 1 fully saturated rings. The van der Waals surface area contributed by atoms with E-state index in [-0.39, 0.29) is 5.41 Å². The number of hydrogen-bond donors (Lipinski definition) is 0. The van der Waals surface area contributed by atoms with Crippen molar-refractivity contribution < 1.29 is 0 Å². The van der Waals surface area contributed by atoms with Crippen molar-refractivity contribution in [3.8, 4) is 6.07 Å². The van der Waals surface area contributed by atoms with E-state index in [0.717, 1.165) is 30.0 Å². The molecule has 1 aromatic rings. The number of nitrogens with zero attached hydrogens (tertiary/aromatic N) is 2. The number of rotatable bonds is 2. The lowest BCUT2D eigenvalue weighted by Gasteiger charge is -1.99. The Labute approximate surface area is 75.9 Å². The molecule has 0 aliphatic heterocycles. The van der Waals surface area contributed by atoms with Gasteiger partial charge in [0.1, 0.15) is 0 Å². The number of nitriles is 1. The predicted octanol–water partition coefficient (Wildman–Crippen LogP) is 2.30. The first-order valence-electron chi connectivity index (χ1n) is 4.06. The van der Waals surface area contributed by atoms with Gasteiger partial charge in [-0.1, -0.05) is 0 Å². The van der Waals surface area contributed by atoms with Gasteiger partial charge >= 0.3 is 0 Å². The molecule has 0 N–H and O–H groups in total. The summed E-state index contributed by atoms with van der Waals surface area (Å²) in [6.45, 7) is 2.00. The normalized spacial score (nSPS) is 18.7. The highest BCUT2D eigenvalue weighted by Crippen LogP contribution is 2.47. The van der Waals surface area contributed by atoms with Crippen LogP contribution in [0.25, 0.3) is 0 Å². The van der Waals surface area contributed by atoms with Gasteiger partial charge in [0.25, 0.3) is 0 Å². The minimum Gasteiger partial charge on any atom is -0.247 e. The van der Waals surface area contributed by atoms with Crippen molar-refractivity contribution in [1.82, 2.24) is 4.98 Å². The summed E-state index contributed by atoms with van der Waals surface area (Å²) in [4.78, 5) is 4.35. The Kier molecular flexibility index (Phi) is 1.66. The van der Waals surface area contributed by atoms with Crippen molar-refractivity contribution in [2.24, 2.45) is 5.41 Å². The Hall–Kier alpha value is -0.880. The first-order chi connectivity index (χ1) is 5.74. The molecule has 62 valence electrons. The van der Waals surface area contributed by atoms with Gasteiger partial charge < -0.3 is 0 Å². The quantitative estimate of drug-likeness (QED) is 0.696. The lowest BCUT2D eigenvalue weighted by Crippen LogP contribution is -2.01. The van der Waals surface area contributed by atoms with E-state index in [2.05, 4.69) is 16.4 Å². The highest BCUT2D eigenvalue weighted by atomic mass is 32.1. The molecular weight excluding hydrogens is 168 g/mol. The van der Waals surface area contributed by atoms with Crippen LogP contribution in [0.5, 0.6) is 0 Å². The van der Waals surface area contributed by atoms with Crippen molar-refractivity contribution in [2.45, 2.75) is 26.2 Å². The molecule has 0 spiro atoms. The van der Waals surface area contributed by atoms with Crippen LogP contribution in [0.3, 0.4) is 0 Å². The Balaban J connectivity index is 2.10. The summed E-state index contributed by atoms with van der Waals surface area (Å²) in [6.07, 6.45) is 2.97. The Bertz CT molecular complexity index is 331. The lowest BCUT2D eigenvalue weighted by molar-refractivity contribution is 0.653. The average molecular weight is 178 g/mol. The summed E-state index contributed by atoms with van der Waals surface area (Å²) in [5.74, 6) is 0. The third-order valence-corrected chi connectivity index (χ3v) is 3.10. The van der Waals surface area contributed by atoms with Gasteiger partial charge in [-0.25, -0.2) is 4.98 Å². The standard InChI is InChI=1S/C9H10N2S/c1-7-11-8(5-12-7)4-9(6-10)2-3-9/h5H,2-4H2,1H3. The summed E-state index contributed by atoms with van der Waals surface area (Å²) in [6, 6.07) is 2.37. The molecule has 1 aliphatic rings. The fraction of sp³-hybridized carbons (Fsp3) is 0.556. The van der Waals surface area contributed by atoms with Crippen LogP contribution >= 0.6 is 11.3 Å². The summed E-state index contributed by atoms with van der Waals surface area (Å²) < 4.78 is 0. The largest absolute Gasteiger partial charge is 0.247 e. The highest BCUT2D eigenvalue weighted by Gasteiger charge is 2.43. The van der Waals surface area contributed by atoms with Crippen LogP contribution in [-0.2, 0) is 6.42 Å². The van der Waals surface area contributed by atoms with Crippen LogP contribution in [0.2, 0.25) is 0 Å². The minimum absolute atomic E-state index is 0.0412. The van der Waals surface area contributed by atoms with Gasteiger partial charge in [-0.05, 0) is 19.8 Å². The van der Waals surface area contributed by atoms with E-state index in [9.17, 15) is 0 Å². The topological polar surface area (TPSA) is 36.7 Å². The maximum absolute atomic E-state index is 8.85. The zero-order chi connectivity index (χ0) is 8.60. The SMILES string of the molecule is Cc1nc(CC2(C#N)CC2)cs1. The summed E-state index contributed by atoms with van der Waals surface area (Å²) in [7, 11) is 0. The highest BCUT2D eigenvalue weighted by molar-refractivity contribution is 7.09. The molecule has 2 rings (SSSR count). The van der Waals surface area contributed by atoms with Crippen molar-refractivity contribution in [3.05, 3.63) is 16.1 Å². The van der Waals surface area contributed by atoms with E-state index in [1.807, 2.05) is 6.92 Å². The number of aromatic nitrogens is 1. The molecular formula is C9H10N2S. The summed E-state index contributed by atoms with van der Waals surface area (Å²) in [5, 5.41) is 12.0. The molecule has 0 unspecified atom stereocenters. The second-order valence-corrected chi connectivity index (χ2v) is 4.49. The van der Waals surface area contributed by atoms with Crippen LogP contribution in [0.1, 0.15) is 23.5 Å². The van der Waals surface area contributed by atoms with E-state index in [1.54, 1.807) is 11.3 Å². The minimum atomic E-state index is -0.0412. The molecule has 1 aliphatic carbocycles.